The summed E-state index contributed by atoms with van der Waals surface area (Å²) in [4.78, 5) is 18.5. The quantitative estimate of drug-likeness (QED) is 0.851. The van der Waals surface area contributed by atoms with E-state index < -0.39 is 0 Å². The van der Waals surface area contributed by atoms with Crippen LogP contribution in [-0.2, 0) is 0 Å². The maximum Gasteiger partial charge on any atom is 0.258 e. The summed E-state index contributed by atoms with van der Waals surface area (Å²) in [7, 11) is 0. The number of ether oxygens (including phenoxy) is 1. The van der Waals surface area contributed by atoms with E-state index in [9.17, 15) is 4.79 Å². The van der Waals surface area contributed by atoms with Crippen LogP contribution < -0.4 is 16.0 Å². The number of rotatable bonds is 3. The second-order valence-corrected chi connectivity index (χ2v) is 5.82. The van der Waals surface area contributed by atoms with Gasteiger partial charge in [0, 0.05) is 6.07 Å². The molecule has 3 rings (SSSR count). The fraction of sp³-hybridized carbons (Fsp3) is 0.500. The van der Waals surface area contributed by atoms with Crippen molar-refractivity contribution in [2.75, 3.05) is 5.73 Å². The molecule has 1 aliphatic rings. The number of aromatic amines is 1. The van der Waals surface area contributed by atoms with Gasteiger partial charge in [0.05, 0.1) is 29.0 Å². The van der Waals surface area contributed by atoms with Crippen molar-refractivity contribution in [2.24, 2.45) is 5.92 Å². The number of aromatic nitrogens is 2. The Labute approximate surface area is 123 Å². The zero-order chi connectivity index (χ0) is 14.8. The molecule has 0 radical (unpaired) electrons. The van der Waals surface area contributed by atoms with Crippen LogP contribution in [0.3, 0.4) is 0 Å². The molecule has 5 nitrogen and oxygen atoms in total. The topological polar surface area (TPSA) is 81.0 Å². The first-order valence-corrected chi connectivity index (χ1v) is 7.61. The van der Waals surface area contributed by atoms with Crippen LogP contribution in [0.15, 0.2) is 23.3 Å². The number of benzene rings is 1. The summed E-state index contributed by atoms with van der Waals surface area (Å²) in [5.74, 6) is 1.38. The SMILES string of the molecule is CCC1CCCC(Oc2cc3nc[nH]c(=O)c3cc2N)C1. The molecule has 5 heteroatoms. The number of nitrogen functional groups attached to an aromatic ring is 1. The monoisotopic (exact) mass is 287 g/mol. The first-order chi connectivity index (χ1) is 10.2. The summed E-state index contributed by atoms with van der Waals surface area (Å²) in [6.07, 6.45) is 7.45. The molecule has 0 spiro atoms. The van der Waals surface area contributed by atoms with Gasteiger partial charge in [-0.15, -0.1) is 0 Å². The standard InChI is InChI=1S/C16H21N3O2/c1-2-10-4-3-5-11(6-10)21-15-8-14-12(7-13(15)17)16(20)19-9-18-14/h7-11H,2-6,17H2,1H3,(H,18,19,20). The van der Waals surface area contributed by atoms with Crippen molar-refractivity contribution in [1.29, 1.82) is 0 Å². The molecule has 21 heavy (non-hydrogen) atoms. The van der Waals surface area contributed by atoms with Crippen molar-refractivity contribution in [3.63, 3.8) is 0 Å². The number of nitrogens with zero attached hydrogens (tertiary/aromatic N) is 1. The van der Waals surface area contributed by atoms with E-state index in [1.165, 1.54) is 25.6 Å². The van der Waals surface area contributed by atoms with Gasteiger partial charge in [0.25, 0.3) is 5.56 Å². The predicted octanol–water partition coefficient (Wildman–Crippen LogP) is 2.85. The predicted molar refractivity (Wildman–Crippen MR) is 83.4 cm³/mol. The largest absolute Gasteiger partial charge is 0.488 e. The van der Waals surface area contributed by atoms with Crippen molar-refractivity contribution in [2.45, 2.75) is 45.1 Å². The van der Waals surface area contributed by atoms with Crippen LogP contribution in [0.5, 0.6) is 5.75 Å². The van der Waals surface area contributed by atoms with Crippen LogP contribution in [0.4, 0.5) is 5.69 Å². The second-order valence-electron chi connectivity index (χ2n) is 5.82. The molecular weight excluding hydrogens is 266 g/mol. The highest BCUT2D eigenvalue weighted by Gasteiger charge is 2.23. The summed E-state index contributed by atoms with van der Waals surface area (Å²) in [5.41, 5.74) is 6.97. The molecule has 1 aromatic heterocycles. The first-order valence-electron chi connectivity index (χ1n) is 7.61. The third-order valence-electron chi connectivity index (χ3n) is 4.38. The second kappa shape index (κ2) is 5.76. The van der Waals surface area contributed by atoms with Crippen molar-refractivity contribution >= 4 is 16.6 Å². The van der Waals surface area contributed by atoms with Gasteiger partial charge in [0.1, 0.15) is 5.75 Å². The summed E-state index contributed by atoms with van der Waals surface area (Å²) in [5, 5.41) is 0.498. The molecule has 1 aromatic carbocycles. The number of nitrogens with two attached hydrogens (primary N) is 1. The molecule has 0 saturated heterocycles. The molecule has 1 saturated carbocycles. The summed E-state index contributed by atoms with van der Waals surface area (Å²) < 4.78 is 6.09. The lowest BCUT2D eigenvalue weighted by molar-refractivity contribution is 0.123. The maximum absolute atomic E-state index is 11.7. The van der Waals surface area contributed by atoms with Gasteiger partial charge in [0.2, 0.25) is 0 Å². The molecular formula is C16H21N3O2. The molecule has 2 aromatic rings. The minimum absolute atomic E-state index is 0.179. The van der Waals surface area contributed by atoms with Crippen LogP contribution in [-0.4, -0.2) is 16.1 Å². The van der Waals surface area contributed by atoms with E-state index in [-0.39, 0.29) is 11.7 Å². The van der Waals surface area contributed by atoms with Gasteiger partial charge in [-0.05, 0) is 31.2 Å². The fourth-order valence-corrected chi connectivity index (χ4v) is 3.11. The molecule has 3 N–H and O–H groups in total. The number of nitrogens with one attached hydrogen (secondary N) is 1. The molecule has 0 bridgehead atoms. The third kappa shape index (κ3) is 2.86. The van der Waals surface area contributed by atoms with Gasteiger partial charge in [-0.1, -0.05) is 19.8 Å². The van der Waals surface area contributed by atoms with Gasteiger partial charge in [-0.25, -0.2) is 4.98 Å². The van der Waals surface area contributed by atoms with E-state index in [1.54, 1.807) is 12.1 Å². The number of hydrogen-bond acceptors (Lipinski definition) is 4. The van der Waals surface area contributed by atoms with E-state index in [0.717, 1.165) is 18.8 Å². The zero-order valence-corrected chi connectivity index (χ0v) is 12.3. The van der Waals surface area contributed by atoms with E-state index >= 15 is 0 Å². The van der Waals surface area contributed by atoms with Crippen LogP contribution in [0.1, 0.15) is 39.0 Å². The van der Waals surface area contributed by atoms with E-state index in [4.69, 9.17) is 10.5 Å². The molecule has 1 heterocycles. The van der Waals surface area contributed by atoms with Crippen molar-refractivity contribution < 1.29 is 4.74 Å². The molecule has 2 atom stereocenters. The van der Waals surface area contributed by atoms with Crippen LogP contribution in [0.25, 0.3) is 10.9 Å². The Balaban J connectivity index is 1.87. The first kappa shape index (κ1) is 13.9. The Morgan fingerprint density at radius 2 is 2.29 bits per heavy atom. The van der Waals surface area contributed by atoms with Gasteiger partial charge >= 0.3 is 0 Å². The zero-order valence-electron chi connectivity index (χ0n) is 12.3. The minimum atomic E-state index is -0.179. The minimum Gasteiger partial charge on any atom is -0.488 e. The lowest BCUT2D eigenvalue weighted by Gasteiger charge is -2.29. The molecule has 1 fully saturated rings. The van der Waals surface area contributed by atoms with Crippen LogP contribution >= 0.6 is 0 Å². The maximum atomic E-state index is 11.7. The molecule has 1 aliphatic carbocycles. The number of hydrogen-bond donors (Lipinski definition) is 2. The highest BCUT2D eigenvalue weighted by Crippen LogP contribution is 2.32. The Kier molecular flexibility index (Phi) is 3.82. The van der Waals surface area contributed by atoms with E-state index in [0.29, 0.717) is 22.3 Å². The average molecular weight is 287 g/mol. The average Bonchev–Trinajstić information content (AvgIpc) is 2.49. The normalized spacial score (nSPS) is 22.3. The van der Waals surface area contributed by atoms with Gasteiger partial charge < -0.3 is 15.5 Å². The molecule has 0 aliphatic heterocycles. The Morgan fingerprint density at radius 3 is 3.10 bits per heavy atom. The van der Waals surface area contributed by atoms with E-state index in [2.05, 4.69) is 16.9 Å². The summed E-state index contributed by atoms with van der Waals surface area (Å²) >= 11 is 0. The Bertz CT molecular complexity index is 695. The van der Waals surface area contributed by atoms with Crippen molar-refractivity contribution in [3.05, 3.63) is 28.8 Å². The van der Waals surface area contributed by atoms with Crippen molar-refractivity contribution in [1.82, 2.24) is 9.97 Å². The Hall–Kier alpha value is -2.04. The third-order valence-corrected chi connectivity index (χ3v) is 4.38. The van der Waals surface area contributed by atoms with Crippen LogP contribution in [0.2, 0.25) is 0 Å². The highest BCUT2D eigenvalue weighted by atomic mass is 16.5. The van der Waals surface area contributed by atoms with Gasteiger partial charge in [-0.3, -0.25) is 4.79 Å². The molecule has 2 unspecified atom stereocenters. The number of anilines is 1. The summed E-state index contributed by atoms with van der Waals surface area (Å²) in [6, 6.07) is 3.42. The smallest absolute Gasteiger partial charge is 0.258 e. The van der Waals surface area contributed by atoms with Crippen LogP contribution in [0, 0.1) is 5.92 Å². The molecule has 112 valence electrons. The lowest BCUT2D eigenvalue weighted by atomic mass is 9.85. The van der Waals surface area contributed by atoms with E-state index in [1.807, 2.05) is 0 Å². The van der Waals surface area contributed by atoms with Gasteiger partial charge in [0.15, 0.2) is 0 Å². The van der Waals surface area contributed by atoms with Crippen molar-refractivity contribution in [3.8, 4) is 5.75 Å². The van der Waals surface area contributed by atoms with Gasteiger partial charge in [-0.2, -0.15) is 0 Å². The lowest BCUT2D eigenvalue weighted by Crippen LogP contribution is -2.25. The highest BCUT2D eigenvalue weighted by molar-refractivity contribution is 5.84. The number of fused-ring (bicyclic) bond motifs is 1. The molecule has 0 amide bonds. The Morgan fingerprint density at radius 1 is 1.43 bits per heavy atom. The number of H-pyrrole nitrogens is 1. The summed E-state index contributed by atoms with van der Waals surface area (Å²) in [6.45, 7) is 2.23. The fourth-order valence-electron chi connectivity index (χ4n) is 3.11.